The number of carbonyl (C=O) groups excluding carboxylic acids is 1. The largest absolute Gasteiger partial charge is 0.550 e. The smallest absolute Gasteiger partial charge is 0.447 e. The second-order valence-corrected chi connectivity index (χ2v) is 4.00. The van der Waals surface area contributed by atoms with Crippen LogP contribution in [0.25, 0.3) is 0 Å². The molecule has 0 fully saturated rings. The van der Waals surface area contributed by atoms with Gasteiger partial charge >= 0.3 is 12.3 Å². The first-order chi connectivity index (χ1) is 7.37. The summed E-state index contributed by atoms with van der Waals surface area (Å²) in [5, 5.41) is 8.08. The zero-order valence-corrected chi connectivity index (χ0v) is 9.82. The SMILES string of the molecule is CCCCCC(C)(C)OC(=O)OOC(=O)O. The predicted molar refractivity (Wildman–Crippen MR) is 54.9 cm³/mol. The molecular formula is C10H18O6. The number of carbonyl (C=O) groups is 2. The van der Waals surface area contributed by atoms with Crippen molar-refractivity contribution in [3.63, 3.8) is 0 Å². The third-order valence-corrected chi connectivity index (χ3v) is 1.92. The van der Waals surface area contributed by atoms with E-state index in [0.29, 0.717) is 6.42 Å². The lowest BCUT2D eigenvalue weighted by atomic mass is 10.0. The van der Waals surface area contributed by atoms with Crippen LogP contribution in [-0.2, 0) is 14.5 Å². The Balaban J connectivity index is 3.85. The third-order valence-electron chi connectivity index (χ3n) is 1.92. The van der Waals surface area contributed by atoms with Gasteiger partial charge in [0.2, 0.25) is 0 Å². The summed E-state index contributed by atoms with van der Waals surface area (Å²) in [5.74, 6) is 0. The third kappa shape index (κ3) is 7.90. The van der Waals surface area contributed by atoms with Gasteiger partial charge < -0.3 is 9.84 Å². The van der Waals surface area contributed by atoms with E-state index in [1.165, 1.54) is 0 Å². The molecule has 6 heteroatoms. The number of unbranched alkanes of at least 4 members (excludes halogenated alkanes) is 2. The van der Waals surface area contributed by atoms with Crippen molar-refractivity contribution in [1.82, 2.24) is 0 Å². The first kappa shape index (κ1) is 14.5. The Hall–Kier alpha value is -1.46. The minimum absolute atomic E-state index is 0.684. The topological polar surface area (TPSA) is 82.1 Å². The molecule has 1 N–H and O–H groups in total. The molecule has 0 saturated heterocycles. The van der Waals surface area contributed by atoms with Crippen LogP contribution in [0.4, 0.5) is 9.59 Å². The van der Waals surface area contributed by atoms with Crippen molar-refractivity contribution in [2.24, 2.45) is 0 Å². The summed E-state index contributed by atoms with van der Waals surface area (Å²) in [7, 11) is 0. The van der Waals surface area contributed by atoms with E-state index in [4.69, 9.17) is 9.84 Å². The summed E-state index contributed by atoms with van der Waals surface area (Å²) in [6, 6.07) is 0. The van der Waals surface area contributed by atoms with Gasteiger partial charge in [0.25, 0.3) is 0 Å². The second-order valence-electron chi connectivity index (χ2n) is 4.00. The summed E-state index contributed by atoms with van der Waals surface area (Å²) in [6.45, 7) is 5.53. The summed E-state index contributed by atoms with van der Waals surface area (Å²) in [6.07, 6.45) is 0.889. The molecule has 0 aliphatic carbocycles. The maximum absolute atomic E-state index is 11.0. The lowest BCUT2D eigenvalue weighted by molar-refractivity contribution is -0.222. The van der Waals surface area contributed by atoms with Gasteiger partial charge in [-0.25, -0.2) is 9.68 Å². The summed E-state index contributed by atoms with van der Waals surface area (Å²) < 4.78 is 4.89. The van der Waals surface area contributed by atoms with Gasteiger partial charge in [-0.05, 0) is 26.7 Å². The molecule has 0 rings (SSSR count). The van der Waals surface area contributed by atoms with E-state index in [1.54, 1.807) is 13.8 Å². The van der Waals surface area contributed by atoms with E-state index >= 15 is 0 Å². The summed E-state index contributed by atoms with van der Waals surface area (Å²) in [4.78, 5) is 28.4. The molecular weight excluding hydrogens is 216 g/mol. The fraction of sp³-hybridized carbons (Fsp3) is 0.800. The Morgan fingerprint density at radius 2 is 1.81 bits per heavy atom. The van der Waals surface area contributed by atoms with Crippen LogP contribution in [0.5, 0.6) is 0 Å². The Kier molecular flexibility index (Phi) is 6.29. The molecule has 0 spiro atoms. The van der Waals surface area contributed by atoms with Crippen LogP contribution in [0.1, 0.15) is 46.5 Å². The number of rotatable bonds is 5. The molecule has 0 saturated carbocycles. The van der Waals surface area contributed by atoms with Crippen LogP contribution in [-0.4, -0.2) is 23.0 Å². The van der Waals surface area contributed by atoms with Crippen molar-refractivity contribution in [3.8, 4) is 0 Å². The van der Waals surface area contributed by atoms with E-state index < -0.39 is 17.9 Å². The van der Waals surface area contributed by atoms with Crippen LogP contribution >= 0.6 is 0 Å². The van der Waals surface area contributed by atoms with Gasteiger partial charge in [0.1, 0.15) is 5.60 Å². The van der Waals surface area contributed by atoms with Crippen LogP contribution in [0.3, 0.4) is 0 Å². The first-order valence-corrected chi connectivity index (χ1v) is 5.18. The Morgan fingerprint density at radius 3 is 2.31 bits per heavy atom. The van der Waals surface area contributed by atoms with Gasteiger partial charge in [-0.1, -0.05) is 19.8 Å². The molecule has 0 atom stereocenters. The Bertz CT molecular complexity index is 235. The molecule has 0 bridgehead atoms. The quantitative estimate of drug-likeness (QED) is 0.340. The highest BCUT2D eigenvalue weighted by atomic mass is 17.3. The van der Waals surface area contributed by atoms with Crippen molar-refractivity contribution >= 4 is 12.3 Å². The summed E-state index contributed by atoms with van der Waals surface area (Å²) in [5.41, 5.74) is -0.686. The zero-order valence-electron chi connectivity index (χ0n) is 9.82. The molecule has 94 valence electrons. The zero-order chi connectivity index (χ0) is 12.6. The normalized spacial score (nSPS) is 10.7. The minimum atomic E-state index is -1.69. The monoisotopic (exact) mass is 234 g/mol. The molecule has 0 radical (unpaired) electrons. The van der Waals surface area contributed by atoms with Crippen molar-refractivity contribution in [3.05, 3.63) is 0 Å². The molecule has 0 heterocycles. The molecule has 0 unspecified atom stereocenters. The lowest BCUT2D eigenvalue weighted by Gasteiger charge is -2.23. The fourth-order valence-corrected chi connectivity index (χ4v) is 1.16. The van der Waals surface area contributed by atoms with Gasteiger partial charge in [-0.2, -0.15) is 9.68 Å². The summed E-state index contributed by atoms with van der Waals surface area (Å²) >= 11 is 0. The molecule has 16 heavy (non-hydrogen) atoms. The van der Waals surface area contributed by atoms with E-state index in [0.717, 1.165) is 19.3 Å². The fourth-order valence-electron chi connectivity index (χ4n) is 1.16. The average molecular weight is 234 g/mol. The van der Waals surface area contributed by atoms with Crippen molar-refractivity contribution < 1.29 is 29.2 Å². The van der Waals surface area contributed by atoms with Crippen molar-refractivity contribution in [1.29, 1.82) is 0 Å². The van der Waals surface area contributed by atoms with Gasteiger partial charge in [0.05, 0.1) is 0 Å². The lowest BCUT2D eigenvalue weighted by Crippen LogP contribution is -2.28. The molecule has 0 aromatic rings. The van der Waals surface area contributed by atoms with Crippen LogP contribution in [0.2, 0.25) is 0 Å². The number of hydrogen-bond donors (Lipinski definition) is 1. The average Bonchev–Trinajstić information content (AvgIpc) is 2.14. The van der Waals surface area contributed by atoms with Gasteiger partial charge in [0.15, 0.2) is 0 Å². The predicted octanol–water partition coefficient (Wildman–Crippen LogP) is 3.11. The van der Waals surface area contributed by atoms with Gasteiger partial charge in [-0.15, -0.1) is 0 Å². The van der Waals surface area contributed by atoms with Gasteiger partial charge in [0, 0.05) is 0 Å². The van der Waals surface area contributed by atoms with Crippen LogP contribution in [0.15, 0.2) is 0 Å². The Labute approximate surface area is 94.4 Å². The van der Waals surface area contributed by atoms with Crippen LogP contribution < -0.4 is 0 Å². The highest BCUT2D eigenvalue weighted by molar-refractivity contribution is 5.62. The van der Waals surface area contributed by atoms with Gasteiger partial charge in [-0.3, -0.25) is 0 Å². The van der Waals surface area contributed by atoms with E-state index in [9.17, 15) is 9.59 Å². The Morgan fingerprint density at radius 1 is 1.19 bits per heavy atom. The van der Waals surface area contributed by atoms with Crippen molar-refractivity contribution in [2.75, 3.05) is 0 Å². The first-order valence-electron chi connectivity index (χ1n) is 5.18. The van der Waals surface area contributed by atoms with Crippen molar-refractivity contribution in [2.45, 2.75) is 52.1 Å². The van der Waals surface area contributed by atoms with E-state index in [1.807, 2.05) is 0 Å². The molecule has 0 aromatic heterocycles. The molecule has 0 aliphatic rings. The second kappa shape index (κ2) is 6.92. The number of hydrogen-bond acceptors (Lipinski definition) is 5. The van der Waals surface area contributed by atoms with Crippen LogP contribution in [0, 0.1) is 0 Å². The van der Waals surface area contributed by atoms with E-state index in [-0.39, 0.29) is 0 Å². The minimum Gasteiger partial charge on any atom is -0.447 e. The number of carboxylic acid groups (broad SMARTS) is 1. The maximum atomic E-state index is 11.0. The number of ether oxygens (including phenoxy) is 1. The molecule has 0 aliphatic heterocycles. The molecule has 0 amide bonds. The highest BCUT2D eigenvalue weighted by Crippen LogP contribution is 2.19. The standard InChI is InChI=1S/C10H18O6/c1-4-5-6-7-10(2,3)14-9(13)16-15-8(11)12/h4-7H2,1-3H3,(H,11,12). The highest BCUT2D eigenvalue weighted by Gasteiger charge is 2.24. The molecule has 6 nitrogen and oxygen atoms in total. The molecule has 0 aromatic carbocycles. The maximum Gasteiger partial charge on any atom is 0.550 e. The van der Waals surface area contributed by atoms with E-state index in [2.05, 4.69) is 16.7 Å².